The standard InChI is InChI=1S/C26H25Cl3N2O2S/c1-30-26(33)24(14-18-7-3-2-4-8-18)31(15-19-9-5-10-20(27)13-19)25(32)17-34-16-21-22(28)11-6-12-23(21)29/h2-13,24H,14-17H2,1H3,(H,30,33)/t24-/m1/s1. The van der Waals surface area contributed by atoms with E-state index in [-0.39, 0.29) is 24.1 Å². The number of nitrogens with zero attached hydrogens (tertiary/aromatic N) is 1. The lowest BCUT2D eigenvalue weighted by atomic mass is 10.0. The summed E-state index contributed by atoms with van der Waals surface area (Å²) in [6.07, 6.45) is 0.397. The molecule has 1 N–H and O–H groups in total. The number of amides is 2. The average molecular weight is 536 g/mol. The molecule has 2 amide bonds. The number of halogens is 3. The third kappa shape index (κ3) is 7.41. The Morgan fingerprint density at radius 1 is 0.912 bits per heavy atom. The van der Waals surface area contributed by atoms with Crippen molar-refractivity contribution in [2.24, 2.45) is 0 Å². The van der Waals surface area contributed by atoms with Crippen LogP contribution in [0.1, 0.15) is 16.7 Å². The van der Waals surface area contributed by atoms with Crippen molar-refractivity contribution in [1.29, 1.82) is 0 Å². The average Bonchev–Trinajstić information content (AvgIpc) is 2.83. The van der Waals surface area contributed by atoms with Crippen molar-refractivity contribution in [2.45, 2.75) is 24.8 Å². The van der Waals surface area contributed by atoms with Gasteiger partial charge in [-0.2, -0.15) is 0 Å². The van der Waals surface area contributed by atoms with Gasteiger partial charge in [0.1, 0.15) is 6.04 Å². The molecule has 0 radical (unpaired) electrons. The Balaban J connectivity index is 1.83. The van der Waals surface area contributed by atoms with Crippen LogP contribution in [0.5, 0.6) is 0 Å². The summed E-state index contributed by atoms with van der Waals surface area (Å²) in [4.78, 5) is 28.0. The summed E-state index contributed by atoms with van der Waals surface area (Å²) in [6.45, 7) is 0.262. The van der Waals surface area contributed by atoms with Gasteiger partial charge < -0.3 is 10.2 Å². The predicted molar refractivity (Wildman–Crippen MR) is 143 cm³/mol. The van der Waals surface area contributed by atoms with Gasteiger partial charge in [0.15, 0.2) is 0 Å². The minimum atomic E-state index is -0.677. The topological polar surface area (TPSA) is 49.4 Å². The maximum Gasteiger partial charge on any atom is 0.242 e. The van der Waals surface area contributed by atoms with Gasteiger partial charge in [0.2, 0.25) is 11.8 Å². The molecule has 0 saturated heterocycles. The molecule has 0 aromatic heterocycles. The fourth-order valence-electron chi connectivity index (χ4n) is 3.55. The fraction of sp³-hybridized carbons (Fsp3) is 0.231. The third-order valence-corrected chi connectivity index (χ3v) is 7.18. The second kappa shape index (κ2) is 13.1. The molecule has 4 nitrogen and oxygen atoms in total. The quantitative estimate of drug-likeness (QED) is 0.333. The Morgan fingerprint density at radius 3 is 2.21 bits per heavy atom. The molecule has 0 heterocycles. The Labute approximate surface area is 219 Å². The molecule has 3 rings (SSSR count). The highest BCUT2D eigenvalue weighted by atomic mass is 35.5. The molecule has 0 aliphatic carbocycles. The number of benzene rings is 3. The Bertz CT molecular complexity index is 1110. The van der Waals surface area contributed by atoms with E-state index in [4.69, 9.17) is 34.8 Å². The van der Waals surface area contributed by atoms with E-state index in [0.29, 0.717) is 27.2 Å². The first-order valence-corrected chi connectivity index (χ1v) is 13.0. The minimum absolute atomic E-state index is 0.155. The largest absolute Gasteiger partial charge is 0.357 e. The van der Waals surface area contributed by atoms with Crippen molar-refractivity contribution in [2.75, 3.05) is 12.8 Å². The number of likely N-dealkylation sites (N-methyl/N-ethyl adjacent to an activating group) is 1. The molecule has 0 fully saturated rings. The van der Waals surface area contributed by atoms with Crippen molar-refractivity contribution in [3.05, 3.63) is 105 Å². The van der Waals surface area contributed by atoms with Crippen molar-refractivity contribution in [3.8, 4) is 0 Å². The monoisotopic (exact) mass is 534 g/mol. The van der Waals surface area contributed by atoms with E-state index in [2.05, 4.69) is 5.32 Å². The van der Waals surface area contributed by atoms with Crippen molar-refractivity contribution < 1.29 is 9.59 Å². The number of hydrogen-bond donors (Lipinski definition) is 1. The Kier molecular flexibility index (Phi) is 10.1. The van der Waals surface area contributed by atoms with Gasteiger partial charge in [-0.15, -0.1) is 11.8 Å². The summed E-state index contributed by atoms with van der Waals surface area (Å²) in [5.74, 6) is 0.277. The van der Waals surface area contributed by atoms with E-state index in [1.54, 1.807) is 36.2 Å². The van der Waals surface area contributed by atoms with Crippen LogP contribution >= 0.6 is 46.6 Å². The lowest BCUT2D eigenvalue weighted by molar-refractivity contribution is -0.139. The number of nitrogens with one attached hydrogen (secondary N) is 1. The predicted octanol–water partition coefficient (Wildman–Crippen LogP) is 6.27. The van der Waals surface area contributed by atoms with Gasteiger partial charge in [-0.05, 0) is 41.0 Å². The van der Waals surface area contributed by atoms with Gasteiger partial charge in [-0.25, -0.2) is 0 Å². The molecule has 3 aromatic carbocycles. The van der Waals surface area contributed by atoms with Gasteiger partial charge in [0.05, 0.1) is 5.75 Å². The van der Waals surface area contributed by atoms with E-state index in [9.17, 15) is 9.59 Å². The first-order chi connectivity index (χ1) is 16.4. The minimum Gasteiger partial charge on any atom is -0.357 e. The Hall–Kier alpha value is -2.18. The smallest absolute Gasteiger partial charge is 0.242 e. The van der Waals surface area contributed by atoms with E-state index in [0.717, 1.165) is 16.7 Å². The molecule has 178 valence electrons. The normalized spacial score (nSPS) is 11.6. The summed E-state index contributed by atoms with van der Waals surface area (Å²) >= 11 is 20.1. The van der Waals surface area contributed by atoms with Crippen LogP contribution in [0.4, 0.5) is 0 Å². The fourth-order valence-corrected chi connectivity index (χ4v) is 5.41. The number of carbonyl (C=O) groups excluding carboxylic acids is 2. The number of carbonyl (C=O) groups is 2. The van der Waals surface area contributed by atoms with Gasteiger partial charge in [0.25, 0.3) is 0 Å². The van der Waals surface area contributed by atoms with Crippen molar-refractivity contribution >= 4 is 58.4 Å². The molecular weight excluding hydrogens is 511 g/mol. The Morgan fingerprint density at radius 2 is 1.56 bits per heavy atom. The van der Waals surface area contributed by atoms with Crippen molar-refractivity contribution in [1.82, 2.24) is 10.2 Å². The lowest BCUT2D eigenvalue weighted by Gasteiger charge is -2.31. The highest BCUT2D eigenvalue weighted by Gasteiger charge is 2.29. The number of rotatable bonds is 10. The third-order valence-electron chi connectivity index (χ3n) is 5.29. The summed E-state index contributed by atoms with van der Waals surface area (Å²) in [6, 6.07) is 21.6. The number of thioether (sulfide) groups is 1. The van der Waals surface area contributed by atoms with E-state index < -0.39 is 6.04 Å². The lowest BCUT2D eigenvalue weighted by Crippen LogP contribution is -2.50. The number of hydrogen-bond acceptors (Lipinski definition) is 3. The van der Waals surface area contributed by atoms with Crippen molar-refractivity contribution in [3.63, 3.8) is 0 Å². The molecule has 0 aliphatic heterocycles. The zero-order valence-electron chi connectivity index (χ0n) is 18.6. The van der Waals surface area contributed by atoms with Crippen LogP contribution in [0.15, 0.2) is 72.8 Å². The van der Waals surface area contributed by atoms with Crippen LogP contribution in [0.2, 0.25) is 15.1 Å². The molecule has 0 saturated carbocycles. The molecule has 1 atom stereocenters. The van der Waals surface area contributed by atoms with Crippen LogP contribution < -0.4 is 5.32 Å². The second-order valence-electron chi connectivity index (χ2n) is 7.66. The van der Waals surface area contributed by atoms with Crippen LogP contribution in [0.25, 0.3) is 0 Å². The molecule has 8 heteroatoms. The van der Waals surface area contributed by atoms with Crippen LogP contribution in [-0.4, -0.2) is 35.6 Å². The zero-order chi connectivity index (χ0) is 24.5. The molecule has 34 heavy (non-hydrogen) atoms. The SMILES string of the molecule is CNC(=O)[C@@H](Cc1ccccc1)N(Cc1cccc(Cl)c1)C(=O)CSCc1c(Cl)cccc1Cl. The first-order valence-electron chi connectivity index (χ1n) is 10.7. The van der Waals surface area contributed by atoms with Crippen LogP contribution in [-0.2, 0) is 28.3 Å². The molecule has 0 bridgehead atoms. The van der Waals surface area contributed by atoms with E-state index in [1.165, 1.54) is 11.8 Å². The van der Waals surface area contributed by atoms with Gasteiger partial charge in [-0.1, -0.05) is 83.3 Å². The zero-order valence-corrected chi connectivity index (χ0v) is 21.7. The molecule has 0 aliphatic rings. The van der Waals surface area contributed by atoms with Gasteiger partial charge >= 0.3 is 0 Å². The van der Waals surface area contributed by atoms with E-state index >= 15 is 0 Å². The summed E-state index contributed by atoms with van der Waals surface area (Å²) in [5.41, 5.74) is 2.61. The molecular formula is C26H25Cl3N2O2S. The maximum absolute atomic E-state index is 13.5. The van der Waals surface area contributed by atoms with Crippen LogP contribution in [0.3, 0.4) is 0 Å². The van der Waals surface area contributed by atoms with Gasteiger partial charge in [-0.3, -0.25) is 9.59 Å². The molecule has 3 aromatic rings. The summed E-state index contributed by atoms with van der Waals surface area (Å²) in [5, 5.41) is 4.42. The second-order valence-corrected chi connectivity index (χ2v) is 9.90. The first kappa shape index (κ1) is 26.4. The van der Waals surface area contributed by atoms with Crippen LogP contribution in [0, 0.1) is 0 Å². The highest BCUT2D eigenvalue weighted by Crippen LogP contribution is 2.28. The van der Waals surface area contributed by atoms with Gasteiger partial charge in [0, 0.05) is 40.8 Å². The van der Waals surface area contributed by atoms with E-state index in [1.807, 2.05) is 48.5 Å². The highest BCUT2D eigenvalue weighted by molar-refractivity contribution is 7.99. The maximum atomic E-state index is 13.5. The molecule has 0 spiro atoms. The summed E-state index contributed by atoms with van der Waals surface area (Å²) < 4.78 is 0. The summed E-state index contributed by atoms with van der Waals surface area (Å²) in [7, 11) is 1.58. The molecule has 0 unspecified atom stereocenters.